The van der Waals surface area contributed by atoms with Gasteiger partial charge in [0.25, 0.3) is 0 Å². The van der Waals surface area contributed by atoms with E-state index in [0.29, 0.717) is 33.6 Å². The molecule has 1 aliphatic rings. The Morgan fingerprint density at radius 1 is 1.13 bits per heavy atom. The van der Waals surface area contributed by atoms with E-state index in [1.54, 1.807) is 0 Å². The van der Waals surface area contributed by atoms with Crippen LogP contribution in [-0.2, 0) is 4.74 Å². The van der Waals surface area contributed by atoms with Crippen LogP contribution in [0.3, 0.4) is 0 Å². The van der Waals surface area contributed by atoms with E-state index in [4.69, 9.17) is 4.74 Å². The van der Waals surface area contributed by atoms with Crippen LogP contribution < -0.4 is 5.32 Å². The van der Waals surface area contributed by atoms with Crippen molar-refractivity contribution in [3.63, 3.8) is 0 Å². The quantitative estimate of drug-likeness (QED) is 0.360. The summed E-state index contributed by atoms with van der Waals surface area (Å²) in [7, 11) is 0. The average molecular weight is 429 g/mol. The van der Waals surface area contributed by atoms with E-state index in [1.165, 1.54) is 0 Å². The smallest absolute Gasteiger partial charge is 0.105 e. The molecular formula is C20H32INO. The predicted molar refractivity (Wildman–Crippen MR) is 108 cm³/mol. The molecule has 1 heterocycles. The zero-order chi connectivity index (χ0) is 17.6. The maximum absolute atomic E-state index is 6.17. The fourth-order valence-electron chi connectivity index (χ4n) is 2.87. The first kappa shape index (κ1) is 20.7. The molecule has 1 saturated heterocycles. The van der Waals surface area contributed by atoms with Crippen LogP contribution in [0.5, 0.6) is 0 Å². The number of alkyl halides is 1. The Morgan fingerprint density at radius 2 is 1.78 bits per heavy atom. The van der Waals surface area contributed by atoms with E-state index in [1.807, 2.05) is 6.08 Å². The molecule has 0 amide bonds. The summed E-state index contributed by atoms with van der Waals surface area (Å²) >= 11 is 2.46. The molecule has 7 atom stereocenters. The van der Waals surface area contributed by atoms with Gasteiger partial charge in [0.05, 0.1) is 10.0 Å². The highest BCUT2D eigenvalue weighted by Gasteiger charge is 2.38. The van der Waals surface area contributed by atoms with Gasteiger partial charge in [0.1, 0.15) is 6.23 Å². The van der Waals surface area contributed by atoms with Gasteiger partial charge in [-0.15, -0.1) is 11.5 Å². The van der Waals surface area contributed by atoms with Gasteiger partial charge in [-0.3, -0.25) is 5.32 Å². The van der Waals surface area contributed by atoms with Crippen molar-refractivity contribution in [2.45, 2.75) is 63.8 Å². The van der Waals surface area contributed by atoms with Gasteiger partial charge in [-0.1, -0.05) is 63.8 Å². The molecule has 0 aromatic carbocycles. The van der Waals surface area contributed by atoms with Crippen molar-refractivity contribution in [3.8, 4) is 0 Å². The van der Waals surface area contributed by atoms with E-state index in [9.17, 15) is 0 Å². The number of rotatable bonds is 6. The van der Waals surface area contributed by atoms with Gasteiger partial charge in [-0.25, -0.2) is 0 Å². The van der Waals surface area contributed by atoms with Crippen molar-refractivity contribution in [1.29, 1.82) is 0 Å². The Bertz CT molecular complexity index is 474. The van der Waals surface area contributed by atoms with Crippen molar-refractivity contribution >= 4 is 22.6 Å². The molecule has 0 bridgehead atoms. The number of halogens is 1. The van der Waals surface area contributed by atoms with Crippen LogP contribution in [-0.4, -0.2) is 22.3 Å². The highest BCUT2D eigenvalue weighted by Crippen LogP contribution is 2.30. The first-order valence-electron chi connectivity index (χ1n) is 8.62. The van der Waals surface area contributed by atoms with Gasteiger partial charge in [-0.05, 0) is 42.9 Å². The summed E-state index contributed by atoms with van der Waals surface area (Å²) in [6.07, 6.45) is 6.64. The summed E-state index contributed by atoms with van der Waals surface area (Å²) < 4.78 is 6.54. The van der Waals surface area contributed by atoms with E-state index < -0.39 is 0 Å². The lowest BCUT2D eigenvalue weighted by molar-refractivity contribution is -0.112. The van der Waals surface area contributed by atoms with Crippen LogP contribution in [0.2, 0.25) is 0 Å². The Labute approximate surface area is 156 Å². The van der Waals surface area contributed by atoms with Gasteiger partial charge in [0.15, 0.2) is 0 Å². The maximum atomic E-state index is 6.17. The minimum atomic E-state index is 0.0612. The Kier molecular flexibility index (Phi) is 8.89. The third-order valence-corrected chi connectivity index (χ3v) is 5.92. The molecule has 1 fully saturated rings. The molecule has 0 saturated carbocycles. The highest BCUT2D eigenvalue weighted by atomic mass is 127. The molecular weight excluding hydrogens is 397 g/mol. The van der Waals surface area contributed by atoms with Gasteiger partial charge >= 0.3 is 0 Å². The molecule has 23 heavy (non-hydrogen) atoms. The van der Waals surface area contributed by atoms with Gasteiger partial charge in [-0.2, -0.15) is 0 Å². The third-order valence-electron chi connectivity index (χ3n) is 4.78. The fraction of sp³-hybridized carbons (Fsp3) is 0.700. The molecule has 0 aromatic rings. The van der Waals surface area contributed by atoms with E-state index >= 15 is 0 Å². The molecule has 1 aliphatic heterocycles. The zero-order valence-corrected chi connectivity index (χ0v) is 17.5. The maximum Gasteiger partial charge on any atom is 0.105 e. The molecule has 1 rings (SSSR count). The second kappa shape index (κ2) is 9.86. The second-order valence-corrected chi connectivity index (χ2v) is 8.51. The monoisotopic (exact) mass is 429 g/mol. The Morgan fingerprint density at radius 3 is 2.35 bits per heavy atom. The first-order chi connectivity index (χ1) is 10.8. The standard InChI is InChI=1S/C20H32INO/c1-8-10-18(21)19-16(6)20(23-17(7)22-19)15(5)12-9-11-14(4)13(2)3/h10-20,22H,1H2,2-7H3/t9?,14-,15-,16-,17?,18?,19?,20?/m1/s1. The normalized spacial score (nSPS) is 31.5. The van der Waals surface area contributed by atoms with Crippen LogP contribution in [0.15, 0.2) is 36.3 Å². The molecule has 0 aliphatic carbocycles. The molecule has 0 aromatic heterocycles. The summed E-state index contributed by atoms with van der Waals surface area (Å²) in [5.74, 6) is 1.94. The molecule has 1 N–H and O–H groups in total. The summed E-state index contributed by atoms with van der Waals surface area (Å²) in [6.45, 7) is 17.0. The SMILES string of the molecule is C=C=CC(I)C1NC(C)OC([C@H](C)C=C=C[C@@H](C)C(C)C)[C@@H]1C. The van der Waals surface area contributed by atoms with Crippen LogP contribution in [0, 0.1) is 23.7 Å². The summed E-state index contributed by atoms with van der Waals surface area (Å²) in [4.78, 5) is 0. The van der Waals surface area contributed by atoms with Crippen LogP contribution >= 0.6 is 22.6 Å². The third kappa shape index (κ3) is 6.25. The van der Waals surface area contributed by atoms with Gasteiger partial charge in [0, 0.05) is 12.0 Å². The van der Waals surface area contributed by atoms with Crippen LogP contribution in [0.4, 0.5) is 0 Å². The highest BCUT2D eigenvalue weighted by molar-refractivity contribution is 14.1. The van der Waals surface area contributed by atoms with Crippen molar-refractivity contribution in [2.75, 3.05) is 0 Å². The Hall–Kier alpha value is -0.310. The number of hydrogen-bond donors (Lipinski definition) is 1. The molecule has 3 heteroatoms. The van der Waals surface area contributed by atoms with Crippen molar-refractivity contribution < 1.29 is 4.74 Å². The van der Waals surface area contributed by atoms with Crippen molar-refractivity contribution in [3.05, 3.63) is 36.3 Å². The lowest BCUT2D eigenvalue weighted by atomic mass is 9.84. The van der Waals surface area contributed by atoms with Gasteiger partial charge in [0.2, 0.25) is 0 Å². The summed E-state index contributed by atoms with van der Waals surface area (Å²) in [6, 6.07) is 0.369. The molecule has 0 spiro atoms. The van der Waals surface area contributed by atoms with Crippen LogP contribution in [0.25, 0.3) is 0 Å². The minimum Gasteiger partial charge on any atom is -0.359 e. The van der Waals surface area contributed by atoms with E-state index in [-0.39, 0.29) is 12.3 Å². The number of nitrogens with one attached hydrogen (secondary N) is 1. The number of hydrogen-bond acceptors (Lipinski definition) is 2. The lowest BCUT2D eigenvalue weighted by Crippen LogP contribution is -2.57. The van der Waals surface area contributed by atoms with Crippen molar-refractivity contribution in [1.82, 2.24) is 5.32 Å². The minimum absolute atomic E-state index is 0.0612. The largest absolute Gasteiger partial charge is 0.359 e. The summed E-state index contributed by atoms with van der Waals surface area (Å²) in [5, 5.41) is 3.55. The molecule has 2 nitrogen and oxygen atoms in total. The second-order valence-electron chi connectivity index (χ2n) is 7.07. The summed E-state index contributed by atoms with van der Waals surface area (Å²) in [5.41, 5.74) is 6.30. The zero-order valence-electron chi connectivity index (χ0n) is 15.3. The fourth-order valence-corrected chi connectivity index (χ4v) is 3.99. The topological polar surface area (TPSA) is 21.3 Å². The number of ether oxygens (including phenoxy) is 1. The molecule has 130 valence electrons. The van der Waals surface area contributed by atoms with Crippen molar-refractivity contribution in [2.24, 2.45) is 23.7 Å². The first-order valence-corrected chi connectivity index (χ1v) is 9.86. The Balaban J connectivity index is 2.84. The van der Waals surface area contributed by atoms with E-state index in [2.05, 4.69) is 99.6 Å². The van der Waals surface area contributed by atoms with E-state index in [0.717, 1.165) is 0 Å². The lowest BCUT2D eigenvalue weighted by Gasteiger charge is -2.43. The van der Waals surface area contributed by atoms with Crippen LogP contribution in [0.1, 0.15) is 41.5 Å². The molecule has 4 unspecified atom stereocenters. The predicted octanol–water partition coefficient (Wildman–Crippen LogP) is 5.11. The molecule has 0 radical (unpaired) electrons. The van der Waals surface area contributed by atoms with Gasteiger partial charge < -0.3 is 4.74 Å². The average Bonchev–Trinajstić information content (AvgIpc) is 2.48.